The lowest BCUT2D eigenvalue weighted by molar-refractivity contribution is 0.181. The van der Waals surface area contributed by atoms with Gasteiger partial charge in [-0.3, -0.25) is 0 Å². The molecule has 1 aliphatic rings. The molecule has 0 aromatic heterocycles. The summed E-state index contributed by atoms with van der Waals surface area (Å²) in [5.74, 6) is 0. The van der Waals surface area contributed by atoms with Gasteiger partial charge >= 0.3 is 5.30 Å². The fourth-order valence-corrected chi connectivity index (χ4v) is 1.93. The fraction of sp³-hybridized carbons (Fsp3) is 0.400. The molecule has 7 heteroatoms. The third kappa shape index (κ3) is 2.84. The zero-order valence-corrected chi connectivity index (χ0v) is 8.08. The molecular formula is C5H9N3O2S2. The van der Waals surface area contributed by atoms with Gasteiger partial charge in [-0.05, 0) is 6.92 Å². The first-order valence-corrected chi connectivity index (χ1v) is 4.81. The number of hydrazine groups is 1. The summed E-state index contributed by atoms with van der Waals surface area (Å²) < 4.78 is 6.23. The van der Waals surface area contributed by atoms with Gasteiger partial charge in [-0.25, -0.2) is 4.79 Å². The van der Waals surface area contributed by atoms with E-state index in [9.17, 15) is 4.79 Å². The van der Waals surface area contributed by atoms with Crippen LogP contribution in [0, 0.1) is 0 Å². The van der Waals surface area contributed by atoms with Crippen molar-refractivity contribution < 1.29 is 9.53 Å². The monoisotopic (exact) mass is 207 g/mol. The number of nitrogens with one attached hydrogen (secondary N) is 1. The summed E-state index contributed by atoms with van der Waals surface area (Å²) in [4.78, 5) is 10.9. The summed E-state index contributed by atoms with van der Waals surface area (Å²) in [6.07, 6.45) is 1.61. The molecule has 0 saturated heterocycles. The molecule has 0 aromatic rings. The minimum absolute atomic E-state index is 0.347. The van der Waals surface area contributed by atoms with E-state index in [1.807, 2.05) is 0 Å². The summed E-state index contributed by atoms with van der Waals surface area (Å²) in [6, 6.07) is 0. The first-order valence-electron chi connectivity index (χ1n) is 3.27. The third-order valence-electron chi connectivity index (χ3n) is 0.920. The highest BCUT2D eigenvalue weighted by atomic mass is 32.2. The van der Waals surface area contributed by atoms with Crippen LogP contribution in [0.2, 0.25) is 0 Å². The smallest absolute Gasteiger partial charge is 0.385 e. The van der Waals surface area contributed by atoms with Crippen molar-refractivity contribution in [1.29, 1.82) is 0 Å². The molecule has 0 amide bonds. The van der Waals surface area contributed by atoms with Crippen LogP contribution in [-0.2, 0) is 4.74 Å². The summed E-state index contributed by atoms with van der Waals surface area (Å²) in [5, 5.41) is 0.271. The van der Waals surface area contributed by atoms with Crippen molar-refractivity contribution in [2.24, 2.45) is 5.73 Å². The Balaban J connectivity index is 2.21. The molecule has 0 aliphatic carbocycles. The van der Waals surface area contributed by atoms with Crippen LogP contribution >= 0.6 is 23.9 Å². The van der Waals surface area contributed by atoms with Gasteiger partial charge in [0.15, 0.2) is 0 Å². The second kappa shape index (κ2) is 4.48. The Morgan fingerprint density at radius 1 is 2.00 bits per heavy atom. The van der Waals surface area contributed by atoms with Gasteiger partial charge in [0, 0.05) is 18.1 Å². The number of rotatable bonds is 2. The fourth-order valence-electron chi connectivity index (χ4n) is 0.522. The highest BCUT2D eigenvalue weighted by molar-refractivity contribution is 8.21. The molecule has 0 saturated carbocycles. The van der Waals surface area contributed by atoms with E-state index in [1.54, 1.807) is 13.1 Å². The Hall–Kier alpha value is -0.530. The van der Waals surface area contributed by atoms with E-state index in [4.69, 9.17) is 10.5 Å². The minimum atomic E-state index is -0.347. The SMILES string of the molecule is CCOC(=O)SN1NC=C(N)S1. The molecular weight excluding hydrogens is 198 g/mol. The second-order valence-electron chi connectivity index (χ2n) is 1.80. The molecule has 1 heterocycles. The average Bonchev–Trinajstić information content (AvgIpc) is 2.36. The first kappa shape index (κ1) is 9.56. The molecule has 0 fully saturated rings. The molecule has 0 radical (unpaired) electrons. The van der Waals surface area contributed by atoms with E-state index >= 15 is 0 Å². The highest BCUT2D eigenvalue weighted by Gasteiger charge is 2.17. The van der Waals surface area contributed by atoms with Crippen LogP contribution in [0.3, 0.4) is 0 Å². The normalized spacial score (nSPS) is 16.9. The van der Waals surface area contributed by atoms with Gasteiger partial charge in [0.25, 0.3) is 0 Å². The van der Waals surface area contributed by atoms with E-state index < -0.39 is 0 Å². The van der Waals surface area contributed by atoms with Crippen LogP contribution < -0.4 is 11.2 Å². The zero-order chi connectivity index (χ0) is 8.97. The lowest BCUT2D eigenvalue weighted by atomic mass is 10.9. The molecule has 0 bridgehead atoms. The molecule has 0 spiro atoms. The number of ether oxygens (including phenoxy) is 1. The lowest BCUT2D eigenvalue weighted by Crippen LogP contribution is -2.18. The zero-order valence-electron chi connectivity index (χ0n) is 6.44. The van der Waals surface area contributed by atoms with Crippen LogP contribution in [0.25, 0.3) is 0 Å². The van der Waals surface area contributed by atoms with E-state index in [1.165, 1.54) is 15.8 Å². The highest BCUT2D eigenvalue weighted by Crippen LogP contribution is 2.28. The van der Waals surface area contributed by atoms with Crippen molar-refractivity contribution in [3.05, 3.63) is 11.2 Å². The molecule has 68 valence electrons. The molecule has 1 rings (SSSR count). The van der Waals surface area contributed by atoms with Crippen LogP contribution in [0.1, 0.15) is 6.92 Å². The van der Waals surface area contributed by atoms with Gasteiger partial charge < -0.3 is 15.9 Å². The molecule has 1 aliphatic heterocycles. The van der Waals surface area contributed by atoms with Gasteiger partial charge in [0.2, 0.25) is 0 Å². The van der Waals surface area contributed by atoms with Gasteiger partial charge in [0.05, 0.1) is 18.6 Å². The molecule has 12 heavy (non-hydrogen) atoms. The van der Waals surface area contributed by atoms with Gasteiger partial charge in [-0.2, -0.15) is 0 Å². The molecule has 0 atom stereocenters. The molecule has 5 nitrogen and oxygen atoms in total. The average molecular weight is 207 g/mol. The predicted molar refractivity (Wildman–Crippen MR) is 49.4 cm³/mol. The Labute approximate surface area is 78.9 Å². The number of nitrogens with zero attached hydrogens (tertiary/aromatic N) is 1. The topological polar surface area (TPSA) is 67.6 Å². The number of hydrogen-bond acceptors (Lipinski definition) is 7. The Kier molecular flexibility index (Phi) is 3.57. The number of carbonyl (C=O) groups is 1. The summed E-state index contributed by atoms with van der Waals surface area (Å²) in [5.41, 5.74) is 8.20. The summed E-state index contributed by atoms with van der Waals surface area (Å²) >= 11 is 2.17. The number of hydrogen-bond donors (Lipinski definition) is 2. The number of nitrogens with two attached hydrogens (primary N) is 1. The van der Waals surface area contributed by atoms with Crippen LogP contribution in [-0.4, -0.2) is 15.7 Å². The van der Waals surface area contributed by atoms with Crippen molar-refractivity contribution >= 4 is 29.2 Å². The maximum Gasteiger partial charge on any atom is 0.385 e. The predicted octanol–water partition coefficient (Wildman–Crippen LogP) is 1.02. The van der Waals surface area contributed by atoms with E-state index in [0.717, 1.165) is 11.9 Å². The Morgan fingerprint density at radius 2 is 2.75 bits per heavy atom. The summed E-state index contributed by atoms with van der Waals surface area (Å²) in [7, 11) is 0. The van der Waals surface area contributed by atoms with Gasteiger partial charge in [-0.15, -0.1) is 0 Å². The lowest BCUT2D eigenvalue weighted by Gasteiger charge is -2.10. The van der Waals surface area contributed by atoms with Crippen molar-refractivity contribution in [3.8, 4) is 0 Å². The van der Waals surface area contributed by atoms with Crippen LogP contribution in [0.15, 0.2) is 11.2 Å². The Bertz CT molecular complexity index is 209. The van der Waals surface area contributed by atoms with E-state index in [-0.39, 0.29) is 5.30 Å². The van der Waals surface area contributed by atoms with E-state index in [2.05, 4.69) is 5.43 Å². The Morgan fingerprint density at radius 3 is 3.25 bits per heavy atom. The van der Waals surface area contributed by atoms with Crippen molar-refractivity contribution in [3.63, 3.8) is 0 Å². The largest absolute Gasteiger partial charge is 0.457 e. The minimum Gasteiger partial charge on any atom is -0.457 e. The maximum absolute atomic E-state index is 10.9. The first-order chi connectivity index (χ1) is 5.72. The van der Waals surface area contributed by atoms with Crippen LogP contribution in [0.5, 0.6) is 0 Å². The van der Waals surface area contributed by atoms with Crippen molar-refractivity contribution in [2.75, 3.05) is 6.61 Å². The number of carbonyl (C=O) groups excluding carboxylic acids is 1. The van der Waals surface area contributed by atoms with Crippen molar-refractivity contribution in [2.45, 2.75) is 6.92 Å². The van der Waals surface area contributed by atoms with Crippen molar-refractivity contribution in [1.82, 2.24) is 9.25 Å². The van der Waals surface area contributed by atoms with Gasteiger partial charge in [-0.1, -0.05) is 3.82 Å². The van der Waals surface area contributed by atoms with Crippen LogP contribution in [0.4, 0.5) is 4.79 Å². The standard InChI is InChI=1S/C5H9N3O2S2/c1-2-10-5(9)12-8-7-3-4(6)11-8/h3,7H,2,6H2,1H3. The molecule has 0 unspecified atom stereocenters. The second-order valence-corrected chi connectivity index (χ2v) is 3.93. The third-order valence-corrected chi connectivity index (χ3v) is 2.51. The molecule has 0 aromatic carbocycles. The molecule has 3 N–H and O–H groups in total. The summed E-state index contributed by atoms with van der Waals surface area (Å²) in [6.45, 7) is 2.14. The maximum atomic E-state index is 10.9. The van der Waals surface area contributed by atoms with E-state index in [0.29, 0.717) is 11.6 Å². The van der Waals surface area contributed by atoms with Gasteiger partial charge in [0.1, 0.15) is 5.03 Å². The quantitative estimate of drug-likeness (QED) is 0.517.